The van der Waals surface area contributed by atoms with Crippen molar-refractivity contribution in [3.05, 3.63) is 40.3 Å². The molecule has 0 atom stereocenters. The number of thiazole rings is 1. The SMILES string of the molecule is COc1ccccc1OCC(=O)NCCc1cnc(C)s1. The molecular formula is C15H18N2O3S. The summed E-state index contributed by atoms with van der Waals surface area (Å²) in [5.74, 6) is 1.03. The molecule has 0 saturated heterocycles. The van der Waals surface area contributed by atoms with Crippen LogP contribution in [0.25, 0.3) is 0 Å². The summed E-state index contributed by atoms with van der Waals surface area (Å²) in [5, 5.41) is 3.86. The number of nitrogens with one attached hydrogen (secondary N) is 1. The molecule has 0 spiro atoms. The Hall–Kier alpha value is -2.08. The van der Waals surface area contributed by atoms with Crippen LogP contribution in [0.2, 0.25) is 0 Å². The zero-order valence-electron chi connectivity index (χ0n) is 12.1. The van der Waals surface area contributed by atoms with Crippen molar-refractivity contribution in [1.82, 2.24) is 10.3 Å². The Labute approximate surface area is 127 Å². The summed E-state index contributed by atoms with van der Waals surface area (Å²) < 4.78 is 10.6. The van der Waals surface area contributed by atoms with Crippen molar-refractivity contribution in [3.8, 4) is 11.5 Å². The van der Waals surface area contributed by atoms with Crippen LogP contribution in [0, 0.1) is 6.92 Å². The van der Waals surface area contributed by atoms with Gasteiger partial charge in [0.2, 0.25) is 0 Å². The van der Waals surface area contributed by atoms with Gasteiger partial charge in [0.1, 0.15) is 0 Å². The quantitative estimate of drug-likeness (QED) is 0.852. The Morgan fingerprint density at radius 2 is 2.10 bits per heavy atom. The number of rotatable bonds is 7. The van der Waals surface area contributed by atoms with Gasteiger partial charge in [0.05, 0.1) is 12.1 Å². The lowest BCUT2D eigenvalue weighted by molar-refractivity contribution is -0.123. The van der Waals surface area contributed by atoms with Crippen LogP contribution in [0.4, 0.5) is 0 Å². The molecule has 6 heteroatoms. The Balaban J connectivity index is 1.72. The number of aromatic nitrogens is 1. The molecule has 2 aromatic rings. The average Bonchev–Trinajstić information content (AvgIpc) is 2.91. The summed E-state index contributed by atoms with van der Waals surface area (Å²) >= 11 is 1.64. The lowest BCUT2D eigenvalue weighted by atomic mass is 10.3. The van der Waals surface area contributed by atoms with E-state index >= 15 is 0 Å². The summed E-state index contributed by atoms with van der Waals surface area (Å²) in [6.07, 6.45) is 2.63. The van der Waals surface area contributed by atoms with Crippen LogP contribution < -0.4 is 14.8 Å². The molecule has 1 heterocycles. The van der Waals surface area contributed by atoms with Gasteiger partial charge in [-0.2, -0.15) is 0 Å². The van der Waals surface area contributed by atoms with Crippen molar-refractivity contribution >= 4 is 17.2 Å². The molecule has 0 radical (unpaired) electrons. The third-order valence-electron chi connectivity index (χ3n) is 2.79. The maximum absolute atomic E-state index is 11.7. The van der Waals surface area contributed by atoms with Gasteiger partial charge in [0.25, 0.3) is 5.91 Å². The highest BCUT2D eigenvalue weighted by molar-refractivity contribution is 7.11. The minimum Gasteiger partial charge on any atom is -0.493 e. The monoisotopic (exact) mass is 306 g/mol. The molecular weight excluding hydrogens is 288 g/mol. The van der Waals surface area contributed by atoms with Crippen molar-refractivity contribution in [1.29, 1.82) is 0 Å². The zero-order chi connectivity index (χ0) is 15.1. The second-order valence-corrected chi connectivity index (χ2v) is 5.70. The Bertz CT molecular complexity index is 598. The number of hydrogen-bond acceptors (Lipinski definition) is 5. The van der Waals surface area contributed by atoms with Crippen molar-refractivity contribution in [2.24, 2.45) is 0 Å². The minimum absolute atomic E-state index is 0.0257. The van der Waals surface area contributed by atoms with Gasteiger partial charge in [-0.3, -0.25) is 4.79 Å². The fourth-order valence-electron chi connectivity index (χ4n) is 1.78. The molecule has 2 rings (SSSR count). The van der Waals surface area contributed by atoms with Gasteiger partial charge >= 0.3 is 0 Å². The Kier molecular flexibility index (Phi) is 5.57. The average molecular weight is 306 g/mol. The number of para-hydroxylation sites is 2. The van der Waals surface area contributed by atoms with Crippen molar-refractivity contribution in [3.63, 3.8) is 0 Å². The molecule has 0 fully saturated rings. The molecule has 1 amide bonds. The Morgan fingerprint density at radius 1 is 1.33 bits per heavy atom. The van der Waals surface area contributed by atoms with Crippen LogP contribution in [0.5, 0.6) is 11.5 Å². The predicted molar refractivity (Wildman–Crippen MR) is 82.1 cm³/mol. The molecule has 1 aromatic carbocycles. The maximum Gasteiger partial charge on any atom is 0.257 e. The van der Waals surface area contributed by atoms with E-state index in [0.717, 1.165) is 11.4 Å². The predicted octanol–water partition coefficient (Wildman–Crippen LogP) is 2.20. The van der Waals surface area contributed by atoms with Crippen LogP contribution in [0.3, 0.4) is 0 Å². The number of amides is 1. The topological polar surface area (TPSA) is 60.5 Å². The van der Waals surface area contributed by atoms with Crippen LogP contribution in [0.15, 0.2) is 30.5 Å². The maximum atomic E-state index is 11.7. The fraction of sp³-hybridized carbons (Fsp3) is 0.333. The molecule has 0 aliphatic rings. The van der Waals surface area contributed by atoms with E-state index in [4.69, 9.17) is 9.47 Å². The molecule has 0 unspecified atom stereocenters. The highest BCUT2D eigenvalue weighted by Gasteiger charge is 2.06. The number of nitrogens with zero attached hydrogens (tertiary/aromatic N) is 1. The van der Waals surface area contributed by atoms with Gasteiger partial charge in [0.15, 0.2) is 18.1 Å². The zero-order valence-corrected chi connectivity index (χ0v) is 12.9. The molecule has 0 saturated carbocycles. The van der Waals surface area contributed by atoms with Gasteiger partial charge in [-0.05, 0) is 19.1 Å². The van der Waals surface area contributed by atoms with Crippen LogP contribution in [-0.2, 0) is 11.2 Å². The second kappa shape index (κ2) is 7.64. The number of ether oxygens (including phenoxy) is 2. The number of carbonyl (C=O) groups excluding carboxylic acids is 1. The lowest BCUT2D eigenvalue weighted by Gasteiger charge is -2.10. The number of hydrogen-bond donors (Lipinski definition) is 1. The second-order valence-electron chi connectivity index (χ2n) is 4.39. The summed E-state index contributed by atoms with van der Waals surface area (Å²) in [7, 11) is 1.57. The van der Waals surface area contributed by atoms with Gasteiger partial charge < -0.3 is 14.8 Å². The number of aryl methyl sites for hydroxylation is 1. The van der Waals surface area contributed by atoms with Crippen LogP contribution in [-0.4, -0.2) is 31.2 Å². The molecule has 112 valence electrons. The van der Waals surface area contributed by atoms with Crippen molar-refractivity contribution < 1.29 is 14.3 Å². The van der Waals surface area contributed by atoms with E-state index in [1.165, 1.54) is 4.88 Å². The van der Waals surface area contributed by atoms with Gasteiger partial charge in [-0.1, -0.05) is 12.1 Å². The summed E-state index contributed by atoms with van der Waals surface area (Å²) in [6.45, 7) is 2.52. The standard InChI is InChI=1S/C15H18N2O3S/c1-11-17-9-12(21-11)7-8-16-15(18)10-20-14-6-4-3-5-13(14)19-2/h3-6,9H,7-8,10H2,1-2H3,(H,16,18). The van der Waals surface area contributed by atoms with Gasteiger partial charge in [0, 0.05) is 24.0 Å². The van der Waals surface area contributed by atoms with E-state index in [-0.39, 0.29) is 12.5 Å². The van der Waals surface area contributed by atoms with E-state index in [1.807, 2.05) is 25.3 Å². The molecule has 0 bridgehead atoms. The first kappa shape index (κ1) is 15.3. The summed E-state index contributed by atoms with van der Waals surface area (Å²) in [6, 6.07) is 7.25. The molecule has 21 heavy (non-hydrogen) atoms. The molecule has 0 aliphatic carbocycles. The fourth-order valence-corrected chi connectivity index (χ4v) is 2.57. The largest absolute Gasteiger partial charge is 0.493 e. The highest BCUT2D eigenvalue weighted by Crippen LogP contribution is 2.25. The smallest absolute Gasteiger partial charge is 0.257 e. The third kappa shape index (κ3) is 4.75. The van der Waals surface area contributed by atoms with Crippen molar-refractivity contribution in [2.45, 2.75) is 13.3 Å². The first-order valence-corrected chi connectivity index (χ1v) is 7.44. The van der Waals surface area contributed by atoms with Gasteiger partial charge in [-0.15, -0.1) is 11.3 Å². The minimum atomic E-state index is -0.151. The lowest BCUT2D eigenvalue weighted by Crippen LogP contribution is -2.30. The number of methoxy groups -OCH3 is 1. The van der Waals surface area contributed by atoms with E-state index in [1.54, 1.807) is 30.6 Å². The normalized spacial score (nSPS) is 10.2. The van der Waals surface area contributed by atoms with Crippen LogP contribution in [0.1, 0.15) is 9.88 Å². The van der Waals surface area contributed by atoms with E-state index in [2.05, 4.69) is 10.3 Å². The third-order valence-corrected chi connectivity index (χ3v) is 3.76. The number of carbonyl (C=O) groups is 1. The molecule has 1 aromatic heterocycles. The van der Waals surface area contributed by atoms with Gasteiger partial charge in [-0.25, -0.2) is 4.98 Å². The Morgan fingerprint density at radius 3 is 2.76 bits per heavy atom. The van der Waals surface area contributed by atoms with Crippen molar-refractivity contribution in [2.75, 3.05) is 20.3 Å². The molecule has 0 aliphatic heterocycles. The first-order chi connectivity index (χ1) is 10.2. The van der Waals surface area contributed by atoms with E-state index < -0.39 is 0 Å². The van der Waals surface area contributed by atoms with E-state index in [9.17, 15) is 4.79 Å². The van der Waals surface area contributed by atoms with Crippen LogP contribution >= 0.6 is 11.3 Å². The molecule has 5 nitrogen and oxygen atoms in total. The summed E-state index contributed by atoms with van der Waals surface area (Å²) in [5.41, 5.74) is 0. The molecule has 1 N–H and O–H groups in total. The van der Waals surface area contributed by atoms with E-state index in [0.29, 0.717) is 18.0 Å². The highest BCUT2D eigenvalue weighted by atomic mass is 32.1. The number of benzene rings is 1. The summed E-state index contributed by atoms with van der Waals surface area (Å²) in [4.78, 5) is 17.1. The first-order valence-electron chi connectivity index (χ1n) is 6.63.